The van der Waals surface area contributed by atoms with Gasteiger partial charge in [0.1, 0.15) is 11.6 Å². The molecule has 5 heteroatoms. The smallest absolute Gasteiger partial charge is 0.132 e. The summed E-state index contributed by atoms with van der Waals surface area (Å²) in [5.74, 6) is -0.525. The van der Waals surface area contributed by atoms with Gasteiger partial charge in [-0.3, -0.25) is 0 Å². The Balaban J connectivity index is 2.20. The number of phenolic OH excluding ortho intramolecular Hbond substituents is 1. The second-order valence-corrected chi connectivity index (χ2v) is 5.46. The van der Waals surface area contributed by atoms with Crippen molar-refractivity contribution in [3.8, 4) is 5.75 Å². The predicted molar refractivity (Wildman–Crippen MR) is 79.3 cm³/mol. The van der Waals surface area contributed by atoms with Crippen LogP contribution in [0.2, 0.25) is 5.02 Å². The summed E-state index contributed by atoms with van der Waals surface area (Å²) >= 11 is 9.31. The maximum Gasteiger partial charge on any atom is 0.132 e. The van der Waals surface area contributed by atoms with E-state index in [-0.39, 0.29) is 11.8 Å². The summed E-state index contributed by atoms with van der Waals surface area (Å²) in [6.07, 6.45) is 0. The van der Waals surface area contributed by atoms with Crippen LogP contribution in [0.5, 0.6) is 5.75 Å². The van der Waals surface area contributed by atoms with Crippen LogP contribution in [0, 0.1) is 5.82 Å². The molecule has 2 aromatic carbocycles. The molecule has 0 aromatic heterocycles. The highest BCUT2D eigenvalue weighted by atomic mass is 79.9. The standard InChI is InChI=1S/C14H12BrClFNO/c1-8(11-4-3-10(19)7-14(11)17)18-9-2-5-12(15)13(16)6-9/h2-8,18-19H,1H3. The van der Waals surface area contributed by atoms with E-state index in [4.69, 9.17) is 11.6 Å². The van der Waals surface area contributed by atoms with E-state index in [0.29, 0.717) is 10.6 Å². The fourth-order valence-electron chi connectivity index (χ4n) is 1.78. The van der Waals surface area contributed by atoms with Crippen molar-refractivity contribution in [3.63, 3.8) is 0 Å². The van der Waals surface area contributed by atoms with Crippen molar-refractivity contribution in [2.75, 3.05) is 5.32 Å². The van der Waals surface area contributed by atoms with E-state index >= 15 is 0 Å². The maximum absolute atomic E-state index is 13.7. The Bertz CT molecular complexity index is 606. The lowest BCUT2D eigenvalue weighted by Gasteiger charge is -2.17. The van der Waals surface area contributed by atoms with Gasteiger partial charge in [0.15, 0.2) is 0 Å². The van der Waals surface area contributed by atoms with E-state index in [2.05, 4.69) is 21.2 Å². The Morgan fingerprint density at radius 1 is 1.26 bits per heavy atom. The third-order valence-corrected chi connectivity index (χ3v) is 3.99. The lowest BCUT2D eigenvalue weighted by atomic mass is 10.1. The van der Waals surface area contributed by atoms with Gasteiger partial charge in [-0.25, -0.2) is 4.39 Å². The summed E-state index contributed by atoms with van der Waals surface area (Å²) in [6, 6.07) is 9.32. The average molecular weight is 345 g/mol. The first-order valence-corrected chi connectivity index (χ1v) is 6.84. The third kappa shape index (κ3) is 3.39. The Morgan fingerprint density at radius 2 is 2.00 bits per heavy atom. The van der Waals surface area contributed by atoms with Gasteiger partial charge in [-0.2, -0.15) is 0 Å². The molecule has 19 heavy (non-hydrogen) atoms. The molecule has 0 aliphatic carbocycles. The number of hydrogen-bond donors (Lipinski definition) is 2. The summed E-state index contributed by atoms with van der Waals surface area (Å²) in [4.78, 5) is 0. The molecular weight excluding hydrogens is 333 g/mol. The Hall–Kier alpha value is -1.26. The zero-order chi connectivity index (χ0) is 14.0. The van der Waals surface area contributed by atoms with E-state index in [1.165, 1.54) is 6.07 Å². The molecule has 0 fully saturated rings. The van der Waals surface area contributed by atoms with Gasteiger partial charge in [0, 0.05) is 21.8 Å². The summed E-state index contributed by atoms with van der Waals surface area (Å²) in [5.41, 5.74) is 1.28. The molecule has 1 unspecified atom stereocenters. The van der Waals surface area contributed by atoms with Crippen LogP contribution >= 0.6 is 27.5 Å². The molecule has 0 saturated carbocycles. The van der Waals surface area contributed by atoms with Crippen molar-refractivity contribution in [1.82, 2.24) is 0 Å². The summed E-state index contributed by atoms with van der Waals surface area (Å²) in [6.45, 7) is 1.84. The number of anilines is 1. The van der Waals surface area contributed by atoms with Gasteiger partial charge < -0.3 is 10.4 Å². The van der Waals surface area contributed by atoms with Crippen LogP contribution in [0.4, 0.5) is 10.1 Å². The summed E-state index contributed by atoms with van der Waals surface area (Å²) in [7, 11) is 0. The second kappa shape index (κ2) is 5.80. The minimum atomic E-state index is -0.441. The lowest BCUT2D eigenvalue weighted by molar-refractivity contribution is 0.467. The Morgan fingerprint density at radius 3 is 2.63 bits per heavy atom. The van der Waals surface area contributed by atoms with E-state index in [9.17, 15) is 9.50 Å². The third-order valence-electron chi connectivity index (χ3n) is 2.75. The highest BCUT2D eigenvalue weighted by Gasteiger charge is 2.11. The minimum absolute atomic E-state index is 0.0832. The molecular formula is C14H12BrClFNO. The van der Waals surface area contributed by atoms with Gasteiger partial charge >= 0.3 is 0 Å². The molecule has 100 valence electrons. The monoisotopic (exact) mass is 343 g/mol. The van der Waals surface area contributed by atoms with Crippen molar-refractivity contribution in [2.45, 2.75) is 13.0 Å². The first-order chi connectivity index (χ1) is 8.97. The number of halogens is 3. The SMILES string of the molecule is CC(Nc1ccc(Br)c(Cl)c1)c1ccc(O)cc1F. The van der Waals surface area contributed by atoms with Crippen LogP contribution in [0.25, 0.3) is 0 Å². The van der Waals surface area contributed by atoms with Gasteiger partial charge in [-0.1, -0.05) is 17.7 Å². The average Bonchev–Trinajstić information content (AvgIpc) is 2.33. The zero-order valence-electron chi connectivity index (χ0n) is 10.1. The Labute approximate surface area is 124 Å². The van der Waals surface area contributed by atoms with Crippen LogP contribution in [0.3, 0.4) is 0 Å². The van der Waals surface area contributed by atoms with E-state index in [1.807, 2.05) is 19.1 Å². The number of hydrogen-bond acceptors (Lipinski definition) is 2. The fraction of sp³-hybridized carbons (Fsp3) is 0.143. The zero-order valence-corrected chi connectivity index (χ0v) is 12.5. The molecule has 0 bridgehead atoms. The highest BCUT2D eigenvalue weighted by molar-refractivity contribution is 9.10. The molecule has 0 radical (unpaired) electrons. The van der Waals surface area contributed by atoms with Crippen LogP contribution in [0.15, 0.2) is 40.9 Å². The maximum atomic E-state index is 13.7. The van der Waals surface area contributed by atoms with E-state index < -0.39 is 5.82 Å². The van der Waals surface area contributed by atoms with Crippen LogP contribution in [-0.4, -0.2) is 5.11 Å². The molecule has 0 spiro atoms. The van der Waals surface area contributed by atoms with Crippen LogP contribution in [-0.2, 0) is 0 Å². The van der Waals surface area contributed by atoms with Gasteiger partial charge in [0.25, 0.3) is 0 Å². The van der Waals surface area contributed by atoms with Crippen LogP contribution in [0.1, 0.15) is 18.5 Å². The topological polar surface area (TPSA) is 32.3 Å². The predicted octanol–water partition coefficient (Wildman–Crippen LogP) is 5.12. The second-order valence-electron chi connectivity index (χ2n) is 4.20. The largest absolute Gasteiger partial charge is 0.508 e. The first kappa shape index (κ1) is 14.2. The van der Waals surface area contributed by atoms with Crippen molar-refractivity contribution in [1.29, 1.82) is 0 Å². The molecule has 2 rings (SSSR count). The van der Waals surface area contributed by atoms with Gasteiger partial charge in [-0.05, 0) is 47.1 Å². The number of aromatic hydroxyl groups is 1. The highest BCUT2D eigenvalue weighted by Crippen LogP contribution is 2.29. The van der Waals surface area contributed by atoms with Gasteiger partial charge in [-0.15, -0.1) is 0 Å². The molecule has 0 heterocycles. The van der Waals surface area contributed by atoms with E-state index in [0.717, 1.165) is 16.2 Å². The lowest BCUT2D eigenvalue weighted by Crippen LogP contribution is -2.08. The van der Waals surface area contributed by atoms with E-state index in [1.54, 1.807) is 12.1 Å². The summed E-state index contributed by atoms with van der Waals surface area (Å²) in [5, 5.41) is 12.9. The minimum Gasteiger partial charge on any atom is -0.508 e. The molecule has 1 atom stereocenters. The van der Waals surface area contributed by atoms with Crippen molar-refractivity contribution >= 4 is 33.2 Å². The Kier molecular flexibility index (Phi) is 4.32. The molecule has 2 aromatic rings. The van der Waals surface area contributed by atoms with Crippen molar-refractivity contribution < 1.29 is 9.50 Å². The fourth-order valence-corrected chi connectivity index (χ4v) is 2.21. The van der Waals surface area contributed by atoms with Crippen molar-refractivity contribution in [2.24, 2.45) is 0 Å². The quantitative estimate of drug-likeness (QED) is 0.810. The van der Waals surface area contributed by atoms with Gasteiger partial charge in [0.2, 0.25) is 0 Å². The molecule has 0 saturated heterocycles. The normalized spacial score (nSPS) is 12.2. The molecule has 0 aliphatic rings. The molecule has 0 amide bonds. The number of benzene rings is 2. The number of nitrogens with one attached hydrogen (secondary N) is 1. The molecule has 2 N–H and O–H groups in total. The molecule has 2 nitrogen and oxygen atoms in total. The molecule has 0 aliphatic heterocycles. The number of phenols is 1. The van der Waals surface area contributed by atoms with Crippen molar-refractivity contribution in [3.05, 3.63) is 57.3 Å². The summed E-state index contributed by atoms with van der Waals surface area (Å²) < 4.78 is 14.5. The van der Waals surface area contributed by atoms with Crippen LogP contribution < -0.4 is 5.32 Å². The number of rotatable bonds is 3. The van der Waals surface area contributed by atoms with Gasteiger partial charge in [0.05, 0.1) is 11.1 Å². The first-order valence-electron chi connectivity index (χ1n) is 5.67.